The van der Waals surface area contributed by atoms with E-state index >= 15 is 0 Å². The zero-order chi connectivity index (χ0) is 18.3. The second kappa shape index (κ2) is 7.59. The molecule has 0 unspecified atom stereocenters. The summed E-state index contributed by atoms with van der Waals surface area (Å²) in [6.45, 7) is 0.689. The lowest BCUT2D eigenvalue weighted by atomic mass is 9.76. The highest BCUT2D eigenvalue weighted by atomic mass is 35.5. The van der Waals surface area contributed by atoms with Crippen LogP contribution in [0.3, 0.4) is 0 Å². The first kappa shape index (κ1) is 18.4. The molecule has 2 aliphatic heterocycles. The Kier molecular flexibility index (Phi) is 5.38. The first-order valence-electron chi connectivity index (χ1n) is 9.08. The van der Waals surface area contributed by atoms with Gasteiger partial charge in [0.2, 0.25) is 0 Å². The zero-order valence-corrected chi connectivity index (χ0v) is 16.9. The largest absolute Gasteiger partial charge is 0.493 e. The van der Waals surface area contributed by atoms with Gasteiger partial charge in [0.25, 0.3) is 0 Å². The summed E-state index contributed by atoms with van der Waals surface area (Å²) >= 11 is 18.4. The topological polar surface area (TPSA) is 12.5 Å². The molecule has 2 heterocycles. The number of fused-ring (bicyclic) bond motifs is 2. The molecule has 2 nitrogen and oxygen atoms in total. The monoisotopic (exact) mass is 409 g/mol. The van der Waals surface area contributed by atoms with Gasteiger partial charge in [-0.1, -0.05) is 40.9 Å². The van der Waals surface area contributed by atoms with Gasteiger partial charge in [-0.25, -0.2) is 0 Å². The first-order chi connectivity index (χ1) is 12.5. The normalized spacial score (nSPS) is 28.3. The summed E-state index contributed by atoms with van der Waals surface area (Å²) in [5, 5.41) is 1.97. The van der Waals surface area contributed by atoms with Gasteiger partial charge >= 0.3 is 0 Å². The van der Waals surface area contributed by atoms with Crippen LogP contribution in [0, 0.1) is 5.92 Å². The van der Waals surface area contributed by atoms with E-state index in [-0.39, 0.29) is 0 Å². The van der Waals surface area contributed by atoms with Crippen molar-refractivity contribution in [3.8, 4) is 5.75 Å². The van der Waals surface area contributed by atoms with E-state index in [1.165, 1.54) is 18.4 Å². The molecule has 0 N–H and O–H groups in total. The molecule has 2 saturated heterocycles. The highest BCUT2D eigenvalue weighted by molar-refractivity contribution is 6.42. The number of rotatable bonds is 4. The van der Waals surface area contributed by atoms with Gasteiger partial charge in [-0.3, -0.25) is 0 Å². The molecule has 2 aliphatic rings. The summed E-state index contributed by atoms with van der Waals surface area (Å²) in [5.41, 5.74) is 1.27. The van der Waals surface area contributed by atoms with Gasteiger partial charge in [-0.15, -0.1) is 0 Å². The maximum Gasteiger partial charge on any atom is 0.119 e. The van der Waals surface area contributed by atoms with Gasteiger partial charge in [0.05, 0.1) is 16.7 Å². The Balaban J connectivity index is 1.58. The lowest BCUT2D eigenvalue weighted by Gasteiger charge is -2.43. The number of benzene rings is 2. The number of nitrogens with zero attached hydrogens (tertiary/aromatic N) is 1. The molecule has 2 aromatic rings. The minimum Gasteiger partial charge on any atom is -0.493 e. The molecule has 0 radical (unpaired) electrons. The number of piperidine rings is 1. The molecule has 2 fully saturated rings. The molecule has 2 bridgehead atoms. The Labute approximate surface area is 170 Å². The predicted octanol–water partition coefficient (Wildman–Crippen LogP) is 6.29. The van der Waals surface area contributed by atoms with Gasteiger partial charge in [-0.2, -0.15) is 0 Å². The molecule has 0 aliphatic carbocycles. The van der Waals surface area contributed by atoms with Gasteiger partial charge in [0.1, 0.15) is 5.75 Å². The smallest absolute Gasteiger partial charge is 0.119 e. The van der Waals surface area contributed by atoms with Crippen molar-refractivity contribution in [1.29, 1.82) is 0 Å². The van der Waals surface area contributed by atoms with E-state index < -0.39 is 0 Å². The first-order valence-corrected chi connectivity index (χ1v) is 10.2. The number of halogens is 3. The van der Waals surface area contributed by atoms with Crippen LogP contribution in [0.15, 0.2) is 42.5 Å². The Morgan fingerprint density at radius 3 is 2.50 bits per heavy atom. The van der Waals surface area contributed by atoms with Crippen LogP contribution in [0.25, 0.3) is 0 Å². The van der Waals surface area contributed by atoms with Crippen LogP contribution in [-0.4, -0.2) is 30.6 Å². The molecule has 26 heavy (non-hydrogen) atoms. The fourth-order valence-corrected chi connectivity index (χ4v) is 5.09. The Bertz CT molecular complexity index is 779. The minimum absolute atomic E-state index is 0.423. The van der Waals surface area contributed by atoms with E-state index in [1.54, 1.807) is 0 Å². The van der Waals surface area contributed by atoms with Crippen molar-refractivity contribution in [2.45, 2.75) is 37.3 Å². The fraction of sp³-hybridized carbons (Fsp3) is 0.429. The number of hydrogen-bond acceptors (Lipinski definition) is 2. The molecule has 4 rings (SSSR count). The van der Waals surface area contributed by atoms with Crippen molar-refractivity contribution < 1.29 is 4.74 Å². The van der Waals surface area contributed by atoms with Crippen LogP contribution in [0.1, 0.15) is 30.7 Å². The van der Waals surface area contributed by atoms with E-state index in [4.69, 9.17) is 39.5 Å². The molecular formula is C21H22Cl3NO. The quantitative estimate of drug-likeness (QED) is 0.587. The van der Waals surface area contributed by atoms with Crippen LogP contribution >= 0.6 is 34.8 Å². The Morgan fingerprint density at radius 2 is 1.77 bits per heavy atom. The van der Waals surface area contributed by atoms with Crippen molar-refractivity contribution >= 4 is 34.8 Å². The van der Waals surface area contributed by atoms with E-state index in [1.807, 2.05) is 36.4 Å². The van der Waals surface area contributed by atoms with Crippen molar-refractivity contribution in [1.82, 2.24) is 4.90 Å². The Hall–Kier alpha value is -0.930. The van der Waals surface area contributed by atoms with Crippen LogP contribution in [0.4, 0.5) is 0 Å². The molecule has 5 heteroatoms. The summed E-state index contributed by atoms with van der Waals surface area (Å²) in [7, 11) is 2.25. The van der Waals surface area contributed by atoms with Gasteiger partial charge in [0, 0.05) is 23.0 Å². The molecule has 4 atom stereocenters. The van der Waals surface area contributed by atoms with E-state index in [0.29, 0.717) is 40.6 Å². The molecule has 0 spiro atoms. The molecule has 0 amide bonds. The standard InChI is InChI=1S/C21H22Cl3NO/c1-25-15-5-9-21(25)18(12-26-16-6-3-14(22)4-7-16)17(11-15)13-2-8-19(23)20(24)10-13/h2-4,6-8,10,15,17-18,21H,5,9,11-12H2,1H3/t15-,17+,18-,21-/m1/s1. The summed E-state index contributed by atoms with van der Waals surface area (Å²) in [6.07, 6.45) is 3.63. The number of hydrogen-bond donors (Lipinski definition) is 0. The van der Waals surface area contributed by atoms with E-state index in [9.17, 15) is 0 Å². The lowest BCUT2D eigenvalue weighted by molar-refractivity contribution is 0.0666. The van der Waals surface area contributed by atoms with E-state index in [2.05, 4.69) is 18.0 Å². The van der Waals surface area contributed by atoms with Crippen LogP contribution in [0.5, 0.6) is 5.75 Å². The summed E-state index contributed by atoms with van der Waals surface area (Å²) in [4.78, 5) is 2.55. The van der Waals surface area contributed by atoms with Crippen molar-refractivity contribution in [2.75, 3.05) is 13.7 Å². The fourth-order valence-electron chi connectivity index (χ4n) is 4.65. The number of ether oxygens (including phenoxy) is 1. The SMILES string of the molecule is CN1[C@@H]2CC[C@@H]1[C@H](COc1ccc(Cl)cc1)[C@H](c1ccc(Cl)c(Cl)c1)C2. The second-order valence-electron chi connectivity index (χ2n) is 7.41. The molecule has 2 aromatic carbocycles. The molecular weight excluding hydrogens is 389 g/mol. The van der Waals surface area contributed by atoms with Crippen LogP contribution < -0.4 is 4.74 Å². The third-order valence-electron chi connectivity index (χ3n) is 6.06. The van der Waals surface area contributed by atoms with Crippen LogP contribution in [0.2, 0.25) is 15.1 Å². The van der Waals surface area contributed by atoms with Gasteiger partial charge in [-0.05, 0) is 74.2 Å². The average Bonchev–Trinajstić information content (AvgIpc) is 2.88. The maximum atomic E-state index is 6.30. The van der Waals surface area contributed by atoms with Crippen molar-refractivity contribution in [3.63, 3.8) is 0 Å². The maximum absolute atomic E-state index is 6.30. The third-order valence-corrected chi connectivity index (χ3v) is 7.05. The lowest BCUT2D eigenvalue weighted by Crippen LogP contribution is -2.47. The van der Waals surface area contributed by atoms with Gasteiger partial charge < -0.3 is 9.64 Å². The van der Waals surface area contributed by atoms with Crippen molar-refractivity contribution in [2.24, 2.45) is 5.92 Å². The summed E-state index contributed by atoms with van der Waals surface area (Å²) < 4.78 is 6.16. The minimum atomic E-state index is 0.423. The molecule has 138 valence electrons. The molecule has 0 aromatic heterocycles. The van der Waals surface area contributed by atoms with Crippen molar-refractivity contribution in [3.05, 3.63) is 63.1 Å². The van der Waals surface area contributed by atoms with Crippen LogP contribution in [-0.2, 0) is 0 Å². The highest BCUT2D eigenvalue weighted by Gasteiger charge is 2.46. The molecule has 0 saturated carbocycles. The highest BCUT2D eigenvalue weighted by Crippen LogP contribution is 2.47. The Morgan fingerprint density at radius 1 is 1.00 bits per heavy atom. The third kappa shape index (κ3) is 3.57. The predicted molar refractivity (Wildman–Crippen MR) is 109 cm³/mol. The summed E-state index contributed by atoms with van der Waals surface area (Å²) in [6, 6.07) is 14.9. The summed E-state index contributed by atoms with van der Waals surface area (Å²) in [5.74, 6) is 1.72. The van der Waals surface area contributed by atoms with E-state index in [0.717, 1.165) is 17.2 Å². The second-order valence-corrected chi connectivity index (χ2v) is 8.66. The average molecular weight is 411 g/mol. The van der Waals surface area contributed by atoms with Gasteiger partial charge in [0.15, 0.2) is 0 Å². The zero-order valence-electron chi connectivity index (χ0n) is 14.7.